The first-order valence-electron chi connectivity index (χ1n) is 5.82. The van der Waals surface area contributed by atoms with Crippen LogP contribution in [0.3, 0.4) is 0 Å². The quantitative estimate of drug-likeness (QED) is 0.588. The highest BCUT2D eigenvalue weighted by Gasteiger charge is 2.32. The molecule has 10 heteroatoms. The highest BCUT2D eigenvalue weighted by atomic mass is 32.2. The van der Waals surface area contributed by atoms with E-state index in [2.05, 4.69) is 10.4 Å². The highest BCUT2D eigenvalue weighted by molar-refractivity contribution is 7.89. The molecule has 20 heavy (non-hydrogen) atoms. The second kappa shape index (κ2) is 5.66. The number of hydrazine groups is 1. The zero-order valence-electron chi connectivity index (χ0n) is 11.4. The van der Waals surface area contributed by atoms with Crippen molar-refractivity contribution in [3.63, 3.8) is 0 Å². The molecule has 2 rings (SSSR count). The van der Waals surface area contributed by atoms with E-state index in [4.69, 9.17) is 10.6 Å². The number of nitrogens with two attached hydrogens (primary N) is 1. The Morgan fingerprint density at radius 3 is 2.95 bits per heavy atom. The van der Waals surface area contributed by atoms with Gasteiger partial charge < -0.3 is 10.2 Å². The largest absolute Gasteiger partial charge is 0.383 e. The number of aromatic nitrogens is 2. The lowest BCUT2D eigenvalue weighted by molar-refractivity contribution is 0.149. The van der Waals surface area contributed by atoms with Crippen molar-refractivity contribution in [1.82, 2.24) is 13.7 Å². The Morgan fingerprint density at radius 1 is 1.65 bits per heavy atom. The lowest BCUT2D eigenvalue weighted by Gasteiger charge is -2.23. The number of methoxy groups -OCH3 is 1. The Bertz CT molecular complexity index is 693. The zero-order chi connectivity index (χ0) is 14.9. The molecule has 0 saturated carbocycles. The van der Waals surface area contributed by atoms with Crippen LogP contribution in [0.25, 0.3) is 4.96 Å². The Hall–Kier alpha value is -1.20. The van der Waals surface area contributed by atoms with Gasteiger partial charge in [-0.05, 0) is 6.92 Å². The topological polar surface area (TPSA) is 102 Å². The SMILES string of the molecule is COCC(C)N(C)S(=O)(=O)c1c(NN)nc2sccn12. The van der Waals surface area contributed by atoms with Crippen molar-refractivity contribution in [2.24, 2.45) is 5.84 Å². The van der Waals surface area contributed by atoms with Gasteiger partial charge in [-0.15, -0.1) is 11.3 Å². The maximum Gasteiger partial charge on any atom is 0.263 e. The molecule has 112 valence electrons. The highest BCUT2D eigenvalue weighted by Crippen LogP contribution is 2.27. The van der Waals surface area contributed by atoms with Gasteiger partial charge in [-0.2, -0.15) is 9.29 Å². The number of imidazole rings is 1. The molecule has 0 amide bonds. The number of thiazole rings is 1. The number of nitrogens with zero attached hydrogens (tertiary/aromatic N) is 3. The maximum absolute atomic E-state index is 12.7. The van der Waals surface area contributed by atoms with E-state index in [9.17, 15) is 8.42 Å². The molecule has 1 unspecified atom stereocenters. The van der Waals surface area contributed by atoms with Crippen LogP contribution < -0.4 is 11.3 Å². The third-order valence-corrected chi connectivity index (χ3v) is 5.76. The summed E-state index contributed by atoms with van der Waals surface area (Å²) < 4.78 is 33.2. The predicted octanol–water partition coefficient (Wildman–Crippen LogP) is 0.337. The number of nitrogens with one attached hydrogen (secondary N) is 1. The lowest BCUT2D eigenvalue weighted by Crippen LogP contribution is -2.38. The summed E-state index contributed by atoms with van der Waals surface area (Å²) >= 11 is 1.33. The van der Waals surface area contributed by atoms with Crippen LogP contribution in [0.1, 0.15) is 6.92 Å². The van der Waals surface area contributed by atoms with E-state index in [0.717, 1.165) is 0 Å². The average molecular weight is 319 g/mol. The molecule has 0 aromatic carbocycles. The third kappa shape index (κ3) is 2.40. The van der Waals surface area contributed by atoms with Crippen LogP contribution in [-0.4, -0.2) is 48.9 Å². The van der Waals surface area contributed by atoms with Crippen molar-refractivity contribution >= 4 is 32.1 Å². The fourth-order valence-corrected chi connectivity index (χ4v) is 4.15. The van der Waals surface area contributed by atoms with E-state index < -0.39 is 10.0 Å². The molecule has 8 nitrogen and oxygen atoms in total. The third-order valence-electron chi connectivity index (χ3n) is 3.01. The first kappa shape index (κ1) is 15.2. The van der Waals surface area contributed by atoms with Crippen molar-refractivity contribution < 1.29 is 13.2 Å². The van der Waals surface area contributed by atoms with Crippen LogP contribution in [-0.2, 0) is 14.8 Å². The number of nitrogen functional groups attached to an aromatic ring is 1. The van der Waals surface area contributed by atoms with Gasteiger partial charge in [-0.3, -0.25) is 4.40 Å². The maximum atomic E-state index is 12.7. The summed E-state index contributed by atoms with van der Waals surface area (Å²) in [5.41, 5.74) is 2.34. The number of rotatable bonds is 6. The second-order valence-electron chi connectivity index (χ2n) is 4.29. The van der Waals surface area contributed by atoms with Crippen LogP contribution in [0.15, 0.2) is 16.6 Å². The standard InChI is InChI=1S/C10H17N5O3S2/c1-7(6-18-3)14(2)20(16,17)9-8(13-11)12-10-15(9)4-5-19-10/h4-5,7,13H,6,11H2,1-3H3. The predicted molar refractivity (Wildman–Crippen MR) is 77.2 cm³/mol. The minimum Gasteiger partial charge on any atom is -0.383 e. The molecule has 0 aliphatic heterocycles. The molecular formula is C10H17N5O3S2. The van der Waals surface area contributed by atoms with Crippen LogP contribution in [0.4, 0.5) is 5.82 Å². The van der Waals surface area contributed by atoms with Gasteiger partial charge in [0.15, 0.2) is 10.8 Å². The molecular weight excluding hydrogens is 302 g/mol. The molecule has 0 bridgehead atoms. The van der Waals surface area contributed by atoms with Crippen LogP contribution in [0.5, 0.6) is 0 Å². The first-order valence-corrected chi connectivity index (χ1v) is 8.14. The molecule has 0 spiro atoms. The number of fused-ring (bicyclic) bond motifs is 1. The number of ether oxygens (including phenoxy) is 1. The molecule has 2 heterocycles. The molecule has 0 radical (unpaired) electrons. The van der Waals surface area contributed by atoms with Crippen molar-refractivity contribution in [3.8, 4) is 0 Å². The van der Waals surface area contributed by atoms with E-state index >= 15 is 0 Å². The Balaban J connectivity index is 2.53. The van der Waals surface area contributed by atoms with E-state index in [1.165, 1.54) is 34.2 Å². The monoisotopic (exact) mass is 319 g/mol. The minimum atomic E-state index is -3.74. The zero-order valence-corrected chi connectivity index (χ0v) is 13.0. The van der Waals surface area contributed by atoms with E-state index in [1.54, 1.807) is 18.5 Å². The van der Waals surface area contributed by atoms with Gasteiger partial charge in [-0.1, -0.05) is 0 Å². The van der Waals surface area contributed by atoms with Gasteiger partial charge in [0.2, 0.25) is 5.03 Å². The summed E-state index contributed by atoms with van der Waals surface area (Å²) in [4.78, 5) is 4.71. The molecule has 0 fully saturated rings. The second-order valence-corrected chi connectivity index (χ2v) is 7.08. The molecule has 2 aromatic rings. The number of sulfonamides is 1. The van der Waals surface area contributed by atoms with Gasteiger partial charge in [0.25, 0.3) is 10.0 Å². The fourth-order valence-electron chi connectivity index (χ4n) is 1.82. The summed E-state index contributed by atoms with van der Waals surface area (Å²) in [7, 11) is -0.706. The molecule has 3 N–H and O–H groups in total. The number of hydrogen-bond donors (Lipinski definition) is 2. The summed E-state index contributed by atoms with van der Waals surface area (Å²) in [6.07, 6.45) is 1.65. The normalized spacial score (nSPS) is 14.1. The van der Waals surface area contributed by atoms with Crippen LogP contribution in [0, 0.1) is 0 Å². The summed E-state index contributed by atoms with van der Waals surface area (Å²) in [6.45, 7) is 2.06. The summed E-state index contributed by atoms with van der Waals surface area (Å²) in [5.74, 6) is 5.51. The van der Waals surface area contributed by atoms with Gasteiger partial charge in [0.1, 0.15) is 0 Å². The number of hydrogen-bond acceptors (Lipinski definition) is 7. The smallest absolute Gasteiger partial charge is 0.263 e. The molecule has 0 aliphatic carbocycles. The first-order chi connectivity index (χ1) is 9.43. The minimum absolute atomic E-state index is 0.0294. The Kier molecular flexibility index (Phi) is 4.30. The van der Waals surface area contributed by atoms with Crippen molar-refractivity contribution in [1.29, 1.82) is 0 Å². The Labute approximate surface area is 121 Å². The van der Waals surface area contributed by atoms with Crippen LogP contribution in [0.2, 0.25) is 0 Å². The summed E-state index contributed by atoms with van der Waals surface area (Å²) in [6, 6.07) is -0.306. The number of anilines is 1. The lowest BCUT2D eigenvalue weighted by atomic mass is 10.4. The van der Waals surface area contributed by atoms with Crippen LogP contribution >= 0.6 is 11.3 Å². The molecule has 0 saturated heterocycles. The Morgan fingerprint density at radius 2 is 2.35 bits per heavy atom. The molecule has 1 atom stereocenters. The van der Waals surface area contributed by atoms with Gasteiger partial charge in [0.05, 0.1) is 6.61 Å². The molecule has 0 aliphatic rings. The summed E-state index contributed by atoms with van der Waals surface area (Å²) in [5, 5.41) is 1.79. The van der Waals surface area contributed by atoms with Crippen molar-refractivity contribution in [2.75, 3.05) is 26.2 Å². The van der Waals surface area contributed by atoms with E-state index in [1.807, 2.05) is 0 Å². The van der Waals surface area contributed by atoms with Gasteiger partial charge in [0, 0.05) is 31.8 Å². The van der Waals surface area contributed by atoms with Gasteiger partial charge in [-0.25, -0.2) is 14.3 Å². The van der Waals surface area contributed by atoms with Crippen molar-refractivity contribution in [3.05, 3.63) is 11.6 Å². The van der Waals surface area contributed by atoms with Gasteiger partial charge >= 0.3 is 0 Å². The van der Waals surface area contributed by atoms with E-state index in [-0.39, 0.29) is 16.9 Å². The number of likely N-dealkylation sites (N-methyl/N-ethyl adjacent to an activating group) is 1. The average Bonchev–Trinajstić information content (AvgIpc) is 2.96. The fraction of sp³-hybridized carbons (Fsp3) is 0.500. The molecule has 2 aromatic heterocycles. The van der Waals surface area contributed by atoms with E-state index in [0.29, 0.717) is 11.6 Å². The van der Waals surface area contributed by atoms with Crippen molar-refractivity contribution in [2.45, 2.75) is 18.0 Å².